The Morgan fingerprint density at radius 2 is 2.11 bits per heavy atom. The molecule has 2 N–H and O–H groups in total. The highest BCUT2D eigenvalue weighted by Gasteiger charge is 2.65. The maximum atomic E-state index is 13.5. The average Bonchev–Trinajstić information content (AvgIpc) is 3.83. The molecule has 8 nitrogen and oxygen atoms in total. The third-order valence-electron chi connectivity index (χ3n) is 8.55. The van der Waals surface area contributed by atoms with E-state index >= 15 is 0 Å². The number of amides is 1. The van der Waals surface area contributed by atoms with E-state index in [0.717, 1.165) is 59.6 Å². The molecule has 4 aliphatic rings. The SMILES string of the molecule is Cc1nscc1Nc1nncn1[C@H]1CCc2sc(CC(=O)C3CC34CC4)c(C(=O)NCC3CC3)c2C1. The Bertz CT molecular complexity index is 1350. The summed E-state index contributed by atoms with van der Waals surface area (Å²) in [6, 6.07) is 0.146. The van der Waals surface area contributed by atoms with Crippen LogP contribution in [0.15, 0.2) is 11.7 Å². The minimum absolute atomic E-state index is 0.00172. The van der Waals surface area contributed by atoms with Gasteiger partial charge in [-0.1, -0.05) is 0 Å². The highest BCUT2D eigenvalue weighted by molar-refractivity contribution is 7.12. The Labute approximate surface area is 218 Å². The Kier molecular flexibility index (Phi) is 5.32. The van der Waals surface area contributed by atoms with Crippen molar-refractivity contribution in [1.29, 1.82) is 0 Å². The predicted octanol–water partition coefficient (Wildman–Crippen LogP) is 4.63. The number of nitrogens with zero attached hydrogens (tertiary/aromatic N) is 4. The van der Waals surface area contributed by atoms with Gasteiger partial charge in [0.2, 0.25) is 5.95 Å². The quantitative estimate of drug-likeness (QED) is 0.425. The van der Waals surface area contributed by atoms with Crippen LogP contribution in [0.1, 0.15) is 75.9 Å². The molecule has 3 heterocycles. The molecule has 3 saturated carbocycles. The van der Waals surface area contributed by atoms with E-state index in [0.29, 0.717) is 29.5 Å². The summed E-state index contributed by atoms with van der Waals surface area (Å²) in [6.45, 7) is 2.71. The summed E-state index contributed by atoms with van der Waals surface area (Å²) in [5.41, 5.74) is 4.13. The van der Waals surface area contributed by atoms with Gasteiger partial charge in [0.1, 0.15) is 12.1 Å². The first-order chi connectivity index (χ1) is 17.5. The molecule has 0 radical (unpaired) electrons. The highest BCUT2D eigenvalue weighted by Crippen LogP contribution is 2.71. The van der Waals surface area contributed by atoms with Crippen LogP contribution in [0.25, 0.3) is 0 Å². The van der Waals surface area contributed by atoms with Crippen molar-refractivity contribution in [3.8, 4) is 0 Å². The number of Topliss-reactive ketones (excluding diaryl/α,β-unsaturated/α-hetero) is 1. The standard InChI is InChI=1S/C26H30N6O2S2/c1-14-19(12-35-31-14)29-25-30-28-13-32(25)16-4-5-21-17(8-16)23(24(34)27-11-15-2-3-15)22(36-21)9-20(33)18-10-26(18)6-7-26/h12-13,15-16,18H,2-11H2,1H3,(H,27,34)(H,29,30)/t16-,18?/m0/s1. The van der Waals surface area contributed by atoms with E-state index in [-0.39, 0.29) is 17.9 Å². The first-order valence-corrected chi connectivity index (χ1v) is 14.7. The van der Waals surface area contributed by atoms with Crippen LogP contribution >= 0.6 is 22.9 Å². The zero-order valence-corrected chi connectivity index (χ0v) is 22.0. The second-order valence-corrected chi connectivity index (χ2v) is 12.9. The van der Waals surface area contributed by atoms with Gasteiger partial charge in [-0.3, -0.25) is 14.2 Å². The van der Waals surface area contributed by atoms with E-state index in [4.69, 9.17) is 0 Å². The molecular weight excluding hydrogens is 492 g/mol. The van der Waals surface area contributed by atoms with Crippen LogP contribution in [-0.2, 0) is 24.1 Å². The molecule has 10 heteroatoms. The third-order valence-corrected chi connectivity index (χ3v) is 10.6. The van der Waals surface area contributed by atoms with Gasteiger partial charge in [-0.05, 0) is 86.7 Å². The molecule has 0 bridgehead atoms. The first-order valence-electron chi connectivity index (χ1n) is 13.0. The lowest BCUT2D eigenvalue weighted by molar-refractivity contribution is -0.119. The number of ketones is 1. The number of aryl methyl sites for hydroxylation is 2. The fraction of sp³-hybridized carbons (Fsp3) is 0.577. The summed E-state index contributed by atoms with van der Waals surface area (Å²) < 4.78 is 6.43. The molecule has 188 valence electrons. The zero-order chi connectivity index (χ0) is 24.4. The van der Waals surface area contributed by atoms with Crippen molar-refractivity contribution >= 4 is 46.2 Å². The van der Waals surface area contributed by atoms with E-state index in [1.165, 1.54) is 42.1 Å². The van der Waals surface area contributed by atoms with E-state index in [9.17, 15) is 9.59 Å². The van der Waals surface area contributed by atoms with E-state index in [1.807, 2.05) is 12.3 Å². The summed E-state index contributed by atoms with van der Waals surface area (Å²) >= 11 is 3.11. The lowest BCUT2D eigenvalue weighted by Crippen LogP contribution is -2.28. The average molecular weight is 523 g/mol. The molecular formula is C26H30N6O2S2. The number of anilines is 2. The molecule has 3 aromatic heterocycles. The van der Waals surface area contributed by atoms with Crippen molar-refractivity contribution in [2.45, 2.75) is 70.8 Å². The molecule has 0 aliphatic heterocycles. The second-order valence-electron chi connectivity index (χ2n) is 11.1. The number of thiophene rings is 1. The molecule has 36 heavy (non-hydrogen) atoms. The highest BCUT2D eigenvalue weighted by atomic mass is 32.1. The third kappa shape index (κ3) is 4.08. The fourth-order valence-corrected chi connectivity index (χ4v) is 7.83. The molecule has 7 rings (SSSR count). The van der Waals surface area contributed by atoms with Crippen molar-refractivity contribution in [1.82, 2.24) is 24.5 Å². The smallest absolute Gasteiger partial charge is 0.252 e. The zero-order valence-electron chi connectivity index (χ0n) is 20.4. The lowest BCUT2D eigenvalue weighted by Gasteiger charge is -2.25. The number of fused-ring (bicyclic) bond motifs is 1. The summed E-state index contributed by atoms with van der Waals surface area (Å²) in [4.78, 5) is 28.8. The van der Waals surface area contributed by atoms with Crippen LogP contribution in [0.2, 0.25) is 0 Å². The molecule has 1 amide bonds. The normalized spacial score (nSPS) is 23.4. The van der Waals surface area contributed by atoms with Crippen LogP contribution in [0.3, 0.4) is 0 Å². The predicted molar refractivity (Wildman–Crippen MR) is 139 cm³/mol. The lowest BCUT2D eigenvalue weighted by atomic mass is 9.89. The summed E-state index contributed by atoms with van der Waals surface area (Å²) in [5.74, 6) is 1.88. The number of carbonyl (C=O) groups is 2. The van der Waals surface area contributed by atoms with Crippen molar-refractivity contribution in [3.63, 3.8) is 0 Å². The van der Waals surface area contributed by atoms with Gasteiger partial charge in [0.15, 0.2) is 0 Å². The minimum atomic E-state index is 0.00172. The van der Waals surface area contributed by atoms with Crippen LogP contribution < -0.4 is 10.6 Å². The van der Waals surface area contributed by atoms with Crippen LogP contribution in [0.4, 0.5) is 11.6 Å². The fourth-order valence-electron chi connectivity index (χ4n) is 5.82. The first kappa shape index (κ1) is 22.6. The Morgan fingerprint density at radius 1 is 1.25 bits per heavy atom. The number of rotatable bonds is 9. The molecule has 2 atom stereocenters. The summed E-state index contributed by atoms with van der Waals surface area (Å²) in [6.07, 6.45) is 10.6. The second kappa shape index (κ2) is 8.48. The largest absolute Gasteiger partial charge is 0.352 e. The van der Waals surface area contributed by atoms with Crippen LogP contribution in [-0.4, -0.2) is 37.4 Å². The van der Waals surface area contributed by atoms with Gasteiger partial charge in [0.25, 0.3) is 5.91 Å². The Hall–Kier alpha value is -2.59. The molecule has 3 aromatic rings. The van der Waals surface area contributed by atoms with Crippen LogP contribution in [0, 0.1) is 24.2 Å². The molecule has 4 aliphatic carbocycles. The van der Waals surface area contributed by atoms with E-state index in [1.54, 1.807) is 17.7 Å². The molecule has 3 fully saturated rings. The Balaban J connectivity index is 1.16. The molecule has 1 spiro atoms. The maximum Gasteiger partial charge on any atom is 0.252 e. The monoisotopic (exact) mass is 522 g/mol. The molecule has 0 aromatic carbocycles. The van der Waals surface area contributed by atoms with Gasteiger partial charge in [0, 0.05) is 40.1 Å². The number of carbonyl (C=O) groups excluding carboxylic acids is 2. The van der Waals surface area contributed by atoms with E-state index in [2.05, 4.69) is 29.8 Å². The van der Waals surface area contributed by atoms with Crippen molar-refractivity contribution in [2.75, 3.05) is 11.9 Å². The maximum absolute atomic E-state index is 13.5. The van der Waals surface area contributed by atoms with Gasteiger partial charge < -0.3 is 10.6 Å². The van der Waals surface area contributed by atoms with Gasteiger partial charge in [0.05, 0.1) is 16.9 Å². The topological polar surface area (TPSA) is 102 Å². The number of hydrogen-bond acceptors (Lipinski definition) is 8. The van der Waals surface area contributed by atoms with Crippen molar-refractivity contribution < 1.29 is 9.59 Å². The minimum Gasteiger partial charge on any atom is -0.352 e. The molecule has 0 saturated heterocycles. The Morgan fingerprint density at radius 3 is 2.83 bits per heavy atom. The van der Waals surface area contributed by atoms with Crippen LogP contribution in [0.5, 0.6) is 0 Å². The number of aromatic nitrogens is 4. The van der Waals surface area contributed by atoms with Gasteiger partial charge >= 0.3 is 0 Å². The molecule has 1 unspecified atom stereocenters. The summed E-state index contributed by atoms with van der Waals surface area (Å²) in [5, 5.41) is 17.0. The summed E-state index contributed by atoms with van der Waals surface area (Å²) in [7, 11) is 0. The van der Waals surface area contributed by atoms with Gasteiger partial charge in [-0.2, -0.15) is 4.37 Å². The van der Waals surface area contributed by atoms with Crippen molar-refractivity contribution in [3.05, 3.63) is 38.3 Å². The van der Waals surface area contributed by atoms with Gasteiger partial charge in [-0.25, -0.2) is 0 Å². The number of hydrogen-bond donors (Lipinski definition) is 2. The van der Waals surface area contributed by atoms with Gasteiger partial charge in [-0.15, -0.1) is 21.5 Å². The van der Waals surface area contributed by atoms with Crippen molar-refractivity contribution in [2.24, 2.45) is 17.3 Å². The number of nitrogens with one attached hydrogen (secondary N) is 2. The van der Waals surface area contributed by atoms with E-state index < -0.39 is 0 Å².